The largest absolute Gasteiger partial charge is 0.337 e. The fourth-order valence-corrected chi connectivity index (χ4v) is 2.64. The van der Waals surface area contributed by atoms with Crippen molar-refractivity contribution in [1.82, 2.24) is 14.7 Å². The molecular formula is C12H18ClN3O. The van der Waals surface area contributed by atoms with Crippen molar-refractivity contribution in [1.29, 1.82) is 0 Å². The van der Waals surface area contributed by atoms with Gasteiger partial charge in [-0.15, -0.1) is 11.6 Å². The van der Waals surface area contributed by atoms with Crippen LogP contribution < -0.4 is 0 Å². The lowest BCUT2D eigenvalue weighted by molar-refractivity contribution is 0.0665. The highest BCUT2D eigenvalue weighted by Crippen LogP contribution is 2.21. The molecule has 1 atom stereocenters. The van der Waals surface area contributed by atoms with Crippen LogP contribution in [0.25, 0.3) is 0 Å². The fourth-order valence-electron chi connectivity index (χ4n) is 2.33. The highest BCUT2D eigenvalue weighted by Gasteiger charge is 2.25. The number of piperidine rings is 1. The summed E-state index contributed by atoms with van der Waals surface area (Å²) in [5.74, 6) is 1.27. The summed E-state index contributed by atoms with van der Waals surface area (Å²) in [6.07, 6.45) is 5.04. The van der Waals surface area contributed by atoms with E-state index < -0.39 is 0 Å². The highest BCUT2D eigenvalue weighted by atomic mass is 35.5. The number of hydrogen-bond donors (Lipinski definition) is 0. The molecule has 4 nitrogen and oxygen atoms in total. The third kappa shape index (κ3) is 3.00. The Morgan fingerprint density at radius 3 is 3.12 bits per heavy atom. The number of aromatic nitrogens is 2. The van der Waals surface area contributed by atoms with Crippen molar-refractivity contribution in [3.8, 4) is 0 Å². The molecule has 0 aliphatic carbocycles. The van der Waals surface area contributed by atoms with Gasteiger partial charge in [-0.3, -0.25) is 9.48 Å². The normalized spacial score (nSPS) is 20.6. The first-order valence-corrected chi connectivity index (χ1v) is 6.59. The van der Waals surface area contributed by atoms with Crippen molar-refractivity contribution in [2.24, 2.45) is 13.0 Å². The molecule has 1 aliphatic rings. The number of nitrogens with zero attached hydrogens (tertiary/aromatic N) is 3. The molecule has 1 aromatic rings. The summed E-state index contributed by atoms with van der Waals surface area (Å²) < 4.78 is 1.66. The monoisotopic (exact) mass is 255 g/mol. The Balaban J connectivity index is 1.99. The number of carbonyl (C=O) groups is 1. The van der Waals surface area contributed by atoms with E-state index in [1.54, 1.807) is 16.9 Å². The van der Waals surface area contributed by atoms with Crippen LogP contribution in [0.1, 0.15) is 29.8 Å². The molecule has 0 radical (unpaired) electrons. The van der Waals surface area contributed by atoms with Gasteiger partial charge >= 0.3 is 0 Å². The lowest BCUT2D eigenvalue weighted by Gasteiger charge is -2.32. The molecule has 0 aromatic carbocycles. The average Bonchev–Trinajstić information content (AvgIpc) is 2.76. The molecule has 2 rings (SSSR count). The number of aryl methyl sites for hydroxylation is 1. The van der Waals surface area contributed by atoms with E-state index in [-0.39, 0.29) is 5.91 Å². The standard InChI is InChI=1S/C12H18ClN3O/c1-15-8-5-11(14-15)12(17)16-7-2-3-10(9-16)4-6-13/h5,8,10H,2-4,6-7,9H2,1H3. The van der Waals surface area contributed by atoms with Gasteiger partial charge in [0, 0.05) is 32.2 Å². The zero-order chi connectivity index (χ0) is 12.3. The van der Waals surface area contributed by atoms with Crippen LogP contribution in [0.2, 0.25) is 0 Å². The number of alkyl halides is 1. The summed E-state index contributed by atoms with van der Waals surface area (Å²) in [5.41, 5.74) is 0.541. The lowest BCUT2D eigenvalue weighted by Crippen LogP contribution is -2.40. The van der Waals surface area contributed by atoms with Crippen molar-refractivity contribution in [3.05, 3.63) is 18.0 Å². The van der Waals surface area contributed by atoms with Crippen molar-refractivity contribution in [2.75, 3.05) is 19.0 Å². The van der Waals surface area contributed by atoms with E-state index in [1.807, 2.05) is 11.9 Å². The van der Waals surface area contributed by atoms with Gasteiger partial charge in [-0.25, -0.2) is 0 Å². The Bertz CT molecular complexity index is 389. The lowest BCUT2D eigenvalue weighted by atomic mass is 9.95. The van der Waals surface area contributed by atoms with E-state index in [0.717, 1.165) is 25.9 Å². The first-order chi connectivity index (χ1) is 8.20. The molecule has 5 heteroatoms. The fraction of sp³-hybridized carbons (Fsp3) is 0.667. The van der Waals surface area contributed by atoms with Gasteiger partial charge in [-0.1, -0.05) is 0 Å². The Labute approximate surface area is 107 Å². The Kier molecular flexibility index (Phi) is 4.05. The second-order valence-electron chi connectivity index (χ2n) is 4.61. The zero-order valence-electron chi connectivity index (χ0n) is 10.1. The summed E-state index contributed by atoms with van der Waals surface area (Å²) >= 11 is 5.76. The van der Waals surface area contributed by atoms with Crippen LogP contribution in [0.5, 0.6) is 0 Å². The van der Waals surface area contributed by atoms with Gasteiger partial charge in [0.2, 0.25) is 0 Å². The molecule has 17 heavy (non-hydrogen) atoms. The Hall–Kier alpha value is -1.03. The summed E-state index contributed by atoms with van der Waals surface area (Å²) in [6.45, 7) is 1.66. The van der Waals surface area contributed by atoms with Crippen molar-refractivity contribution < 1.29 is 4.79 Å². The summed E-state index contributed by atoms with van der Waals surface area (Å²) in [4.78, 5) is 14.1. The van der Waals surface area contributed by atoms with Crippen LogP contribution in [0.15, 0.2) is 12.3 Å². The highest BCUT2D eigenvalue weighted by molar-refractivity contribution is 6.17. The van der Waals surface area contributed by atoms with Gasteiger partial charge in [0.25, 0.3) is 5.91 Å². The molecule has 0 bridgehead atoms. The van der Waals surface area contributed by atoms with Gasteiger partial charge in [-0.2, -0.15) is 5.10 Å². The molecule has 1 amide bonds. The van der Waals surface area contributed by atoms with E-state index in [1.165, 1.54) is 6.42 Å². The molecule has 1 aromatic heterocycles. The number of likely N-dealkylation sites (tertiary alicyclic amines) is 1. The quantitative estimate of drug-likeness (QED) is 0.774. The predicted octanol–water partition coefficient (Wildman–Crippen LogP) is 1.90. The molecule has 1 aliphatic heterocycles. The molecule has 0 saturated carbocycles. The minimum absolute atomic E-state index is 0.0462. The second-order valence-corrected chi connectivity index (χ2v) is 4.99. The number of hydrogen-bond acceptors (Lipinski definition) is 2. The minimum atomic E-state index is 0.0462. The molecule has 1 fully saturated rings. The van der Waals surface area contributed by atoms with E-state index >= 15 is 0 Å². The number of carbonyl (C=O) groups excluding carboxylic acids is 1. The minimum Gasteiger partial charge on any atom is -0.337 e. The Morgan fingerprint density at radius 2 is 2.47 bits per heavy atom. The summed E-state index contributed by atoms with van der Waals surface area (Å²) in [7, 11) is 1.82. The van der Waals surface area contributed by atoms with Crippen LogP contribution in [0.4, 0.5) is 0 Å². The molecular weight excluding hydrogens is 238 g/mol. The number of rotatable bonds is 3. The maximum Gasteiger partial charge on any atom is 0.274 e. The molecule has 94 valence electrons. The predicted molar refractivity (Wildman–Crippen MR) is 67.2 cm³/mol. The molecule has 0 spiro atoms. The van der Waals surface area contributed by atoms with Gasteiger partial charge in [0.15, 0.2) is 0 Å². The van der Waals surface area contributed by atoms with Gasteiger partial charge in [0.05, 0.1) is 0 Å². The molecule has 0 N–H and O–H groups in total. The number of halogens is 1. The Morgan fingerprint density at radius 1 is 1.65 bits per heavy atom. The van der Waals surface area contributed by atoms with Crippen molar-refractivity contribution in [3.63, 3.8) is 0 Å². The topological polar surface area (TPSA) is 38.1 Å². The van der Waals surface area contributed by atoms with Crippen molar-refractivity contribution >= 4 is 17.5 Å². The van der Waals surface area contributed by atoms with E-state index in [2.05, 4.69) is 5.10 Å². The summed E-state index contributed by atoms with van der Waals surface area (Å²) in [5, 5.41) is 4.16. The van der Waals surface area contributed by atoms with E-state index in [0.29, 0.717) is 17.5 Å². The van der Waals surface area contributed by atoms with Gasteiger partial charge in [0.1, 0.15) is 5.69 Å². The SMILES string of the molecule is Cn1ccc(C(=O)N2CCCC(CCCl)C2)n1. The zero-order valence-corrected chi connectivity index (χ0v) is 10.9. The summed E-state index contributed by atoms with van der Waals surface area (Å²) in [6, 6.07) is 1.77. The average molecular weight is 256 g/mol. The van der Waals surface area contributed by atoms with E-state index in [9.17, 15) is 4.79 Å². The van der Waals surface area contributed by atoms with Crippen LogP contribution in [0.3, 0.4) is 0 Å². The first-order valence-electron chi connectivity index (χ1n) is 6.05. The van der Waals surface area contributed by atoms with Gasteiger partial charge in [-0.05, 0) is 31.2 Å². The van der Waals surface area contributed by atoms with Gasteiger partial charge < -0.3 is 4.90 Å². The second kappa shape index (κ2) is 5.54. The third-order valence-corrected chi connectivity index (χ3v) is 3.47. The van der Waals surface area contributed by atoms with E-state index in [4.69, 9.17) is 11.6 Å². The number of amides is 1. The van der Waals surface area contributed by atoms with Crippen LogP contribution in [-0.4, -0.2) is 39.6 Å². The smallest absolute Gasteiger partial charge is 0.274 e. The first kappa shape index (κ1) is 12.4. The maximum atomic E-state index is 12.2. The molecule has 1 unspecified atom stereocenters. The van der Waals surface area contributed by atoms with Crippen molar-refractivity contribution in [2.45, 2.75) is 19.3 Å². The molecule has 1 saturated heterocycles. The molecule has 2 heterocycles. The van der Waals surface area contributed by atoms with Crippen LogP contribution in [-0.2, 0) is 7.05 Å². The maximum absolute atomic E-state index is 12.2. The van der Waals surface area contributed by atoms with Crippen LogP contribution in [0, 0.1) is 5.92 Å². The third-order valence-electron chi connectivity index (χ3n) is 3.26. The van der Waals surface area contributed by atoms with Crippen LogP contribution >= 0.6 is 11.6 Å².